The summed E-state index contributed by atoms with van der Waals surface area (Å²) >= 11 is 0. The Balaban J connectivity index is 1.98. The maximum atomic E-state index is 11.4. The third-order valence-corrected chi connectivity index (χ3v) is 2.83. The Kier molecular flexibility index (Phi) is 7.86. The number of carbonyl (C=O) groups excluding carboxylic acids is 1. The molecule has 0 bridgehead atoms. The first-order chi connectivity index (χ1) is 9.22. The minimum Gasteiger partial charge on any atom is -0.381 e. The number of carbonyl (C=O) groups is 1. The van der Waals surface area contributed by atoms with Gasteiger partial charge in [0.1, 0.15) is 0 Å². The number of ether oxygens (including phenoxy) is 1. The third kappa shape index (κ3) is 7.59. The van der Waals surface area contributed by atoms with Crippen LogP contribution in [0.1, 0.15) is 25.3 Å². The van der Waals surface area contributed by atoms with Gasteiger partial charge in [-0.15, -0.1) is 0 Å². The van der Waals surface area contributed by atoms with Crippen LogP contribution in [0.4, 0.5) is 0 Å². The van der Waals surface area contributed by atoms with Gasteiger partial charge in [0.05, 0.1) is 6.61 Å². The fourth-order valence-corrected chi connectivity index (χ4v) is 1.68. The molecule has 0 aliphatic carbocycles. The van der Waals surface area contributed by atoms with Gasteiger partial charge in [-0.1, -0.05) is 30.3 Å². The molecule has 1 atom stereocenters. The lowest BCUT2D eigenvalue weighted by molar-refractivity contribution is -0.122. The van der Waals surface area contributed by atoms with E-state index in [9.17, 15) is 4.79 Å². The summed E-state index contributed by atoms with van der Waals surface area (Å²) in [4.78, 5) is 11.4. The van der Waals surface area contributed by atoms with Gasteiger partial charge in [0.2, 0.25) is 5.91 Å². The molecule has 4 nitrogen and oxygen atoms in total. The lowest BCUT2D eigenvalue weighted by Crippen LogP contribution is -2.37. The molecular weight excluding hydrogens is 240 g/mol. The first-order valence-corrected chi connectivity index (χ1v) is 6.83. The molecule has 0 spiro atoms. The SMILES string of the molecule is C[C@@H](CN)NC(=O)CCCOCCc1ccccc1. The zero-order valence-electron chi connectivity index (χ0n) is 11.6. The summed E-state index contributed by atoms with van der Waals surface area (Å²) in [7, 11) is 0. The molecule has 1 rings (SSSR count). The van der Waals surface area contributed by atoms with Gasteiger partial charge >= 0.3 is 0 Å². The largest absolute Gasteiger partial charge is 0.381 e. The highest BCUT2D eigenvalue weighted by molar-refractivity contribution is 5.76. The van der Waals surface area contributed by atoms with E-state index in [1.807, 2.05) is 25.1 Å². The molecular formula is C15H24N2O2. The van der Waals surface area contributed by atoms with Crippen LogP contribution in [-0.2, 0) is 16.0 Å². The van der Waals surface area contributed by atoms with Crippen LogP contribution in [0.15, 0.2) is 30.3 Å². The predicted molar refractivity (Wildman–Crippen MR) is 76.9 cm³/mol. The molecule has 1 aromatic carbocycles. The molecule has 0 aromatic heterocycles. The molecule has 4 heteroatoms. The zero-order chi connectivity index (χ0) is 13.9. The van der Waals surface area contributed by atoms with E-state index in [-0.39, 0.29) is 11.9 Å². The van der Waals surface area contributed by atoms with Gasteiger partial charge in [-0.3, -0.25) is 4.79 Å². The number of nitrogens with two attached hydrogens (primary N) is 1. The highest BCUT2D eigenvalue weighted by Crippen LogP contribution is 2.00. The highest BCUT2D eigenvalue weighted by atomic mass is 16.5. The van der Waals surface area contributed by atoms with Crippen LogP contribution in [0.2, 0.25) is 0 Å². The van der Waals surface area contributed by atoms with Crippen molar-refractivity contribution >= 4 is 5.91 Å². The zero-order valence-corrected chi connectivity index (χ0v) is 11.6. The first-order valence-electron chi connectivity index (χ1n) is 6.83. The molecule has 0 unspecified atom stereocenters. The Bertz CT molecular complexity index is 354. The molecule has 0 saturated carbocycles. The second kappa shape index (κ2) is 9.53. The van der Waals surface area contributed by atoms with Gasteiger partial charge in [0.15, 0.2) is 0 Å². The van der Waals surface area contributed by atoms with Gasteiger partial charge in [-0.2, -0.15) is 0 Å². The Hall–Kier alpha value is -1.39. The second-order valence-corrected chi connectivity index (χ2v) is 4.66. The summed E-state index contributed by atoms with van der Waals surface area (Å²) < 4.78 is 5.51. The summed E-state index contributed by atoms with van der Waals surface area (Å²) in [6.07, 6.45) is 2.16. The molecule has 0 aliphatic rings. The molecule has 3 N–H and O–H groups in total. The van der Waals surface area contributed by atoms with Gasteiger partial charge in [-0.05, 0) is 25.3 Å². The predicted octanol–water partition coefficient (Wildman–Crippen LogP) is 1.49. The Morgan fingerprint density at radius 1 is 1.32 bits per heavy atom. The standard InChI is InChI=1S/C15H24N2O2/c1-13(12-16)17-15(18)8-5-10-19-11-9-14-6-3-2-4-7-14/h2-4,6-7,13H,5,8-12,16H2,1H3,(H,17,18)/t13-/m0/s1. The molecule has 1 aromatic rings. The molecule has 0 aliphatic heterocycles. The average Bonchev–Trinajstić information content (AvgIpc) is 2.43. The lowest BCUT2D eigenvalue weighted by atomic mass is 10.2. The maximum absolute atomic E-state index is 11.4. The number of hydrogen-bond acceptors (Lipinski definition) is 3. The van der Waals surface area contributed by atoms with Crippen molar-refractivity contribution < 1.29 is 9.53 Å². The van der Waals surface area contributed by atoms with Crippen molar-refractivity contribution in [1.29, 1.82) is 0 Å². The van der Waals surface area contributed by atoms with Crippen molar-refractivity contribution in [2.75, 3.05) is 19.8 Å². The summed E-state index contributed by atoms with van der Waals surface area (Å²) in [6.45, 7) is 3.69. The summed E-state index contributed by atoms with van der Waals surface area (Å²) in [5.41, 5.74) is 6.71. The topological polar surface area (TPSA) is 64.3 Å². The molecule has 0 radical (unpaired) electrons. The maximum Gasteiger partial charge on any atom is 0.220 e. The lowest BCUT2D eigenvalue weighted by Gasteiger charge is -2.11. The monoisotopic (exact) mass is 264 g/mol. The Morgan fingerprint density at radius 3 is 2.74 bits per heavy atom. The van der Waals surface area contributed by atoms with Crippen LogP contribution in [0.5, 0.6) is 0 Å². The number of nitrogens with one attached hydrogen (secondary N) is 1. The van der Waals surface area contributed by atoms with Crippen LogP contribution < -0.4 is 11.1 Å². The van der Waals surface area contributed by atoms with E-state index in [4.69, 9.17) is 10.5 Å². The first kappa shape index (κ1) is 15.7. The van der Waals surface area contributed by atoms with Gasteiger partial charge in [0, 0.05) is 25.6 Å². The minimum atomic E-state index is 0.0459. The van der Waals surface area contributed by atoms with Crippen LogP contribution in [-0.4, -0.2) is 31.7 Å². The average molecular weight is 264 g/mol. The van der Waals surface area contributed by atoms with E-state index in [0.717, 1.165) is 12.8 Å². The van der Waals surface area contributed by atoms with Crippen molar-refractivity contribution in [1.82, 2.24) is 5.32 Å². The Labute approximate surface area is 115 Å². The quantitative estimate of drug-likeness (QED) is 0.664. The summed E-state index contributed by atoms with van der Waals surface area (Å²) in [6, 6.07) is 10.3. The fraction of sp³-hybridized carbons (Fsp3) is 0.533. The normalized spacial score (nSPS) is 12.1. The van der Waals surface area contributed by atoms with Crippen LogP contribution in [0.3, 0.4) is 0 Å². The van der Waals surface area contributed by atoms with Crippen molar-refractivity contribution in [3.63, 3.8) is 0 Å². The van der Waals surface area contributed by atoms with Crippen molar-refractivity contribution in [2.24, 2.45) is 5.73 Å². The minimum absolute atomic E-state index is 0.0459. The highest BCUT2D eigenvalue weighted by Gasteiger charge is 2.04. The number of rotatable bonds is 9. The van der Waals surface area contributed by atoms with Crippen LogP contribution in [0.25, 0.3) is 0 Å². The van der Waals surface area contributed by atoms with Crippen molar-refractivity contribution in [2.45, 2.75) is 32.2 Å². The molecule has 0 heterocycles. The van der Waals surface area contributed by atoms with Crippen molar-refractivity contribution in [3.8, 4) is 0 Å². The number of hydrogen-bond donors (Lipinski definition) is 2. The van der Waals surface area contributed by atoms with Gasteiger partial charge in [-0.25, -0.2) is 0 Å². The second-order valence-electron chi connectivity index (χ2n) is 4.66. The molecule has 0 fully saturated rings. The van der Waals surface area contributed by atoms with E-state index >= 15 is 0 Å². The number of amides is 1. The van der Waals surface area contributed by atoms with E-state index < -0.39 is 0 Å². The van der Waals surface area contributed by atoms with E-state index in [1.165, 1.54) is 5.56 Å². The van der Waals surface area contributed by atoms with Crippen molar-refractivity contribution in [3.05, 3.63) is 35.9 Å². The van der Waals surface area contributed by atoms with E-state index in [1.54, 1.807) is 0 Å². The third-order valence-electron chi connectivity index (χ3n) is 2.83. The van der Waals surface area contributed by atoms with Crippen LogP contribution >= 0.6 is 0 Å². The van der Waals surface area contributed by atoms with Gasteiger partial charge in [0.25, 0.3) is 0 Å². The summed E-state index contributed by atoms with van der Waals surface area (Å²) in [5, 5.41) is 2.83. The smallest absolute Gasteiger partial charge is 0.220 e. The molecule has 19 heavy (non-hydrogen) atoms. The fourth-order valence-electron chi connectivity index (χ4n) is 1.68. The van der Waals surface area contributed by atoms with Crippen LogP contribution in [0, 0.1) is 0 Å². The number of benzene rings is 1. The summed E-state index contributed by atoms with van der Waals surface area (Å²) in [5.74, 6) is 0.0459. The van der Waals surface area contributed by atoms with Gasteiger partial charge < -0.3 is 15.8 Å². The molecule has 0 saturated heterocycles. The Morgan fingerprint density at radius 2 is 2.05 bits per heavy atom. The molecule has 1 amide bonds. The molecule has 106 valence electrons. The van der Waals surface area contributed by atoms with E-state index in [0.29, 0.717) is 26.2 Å². The van der Waals surface area contributed by atoms with E-state index in [2.05, 4.69) is 17.4 Å².